The van der Waals surface area contributed by atoms with E-state index >= 15 is 0 Å². The van der Waals surface area contributed by atoms with Crippen molar-refractivity contribution < 1.29 is 9.50 Å². The third kappa shape index (κ3) is 3.63. The number of nitrogens with zero attached hydrogens (tertiary/aromatic N) is 2. The summed E-state index contributed by atoms with van der Waals surface area (Å²) in [6.45, 7) is 4.23. The molecule has 1 heterocycles. The predicted octanol–water partition coefficient (Wildman–Crippen LogP) is 4.31. The molecule has 0 aliphatic rings. The van der Waals surface area contributed by atoms with Crippen molar-refractivity contribution in [2.75, 3.05) is 0 Å². The van der Waals surface area contributed by atoms with Gasteiger partial charge in [-0.25, -0.2) is 4.39 Å². The van der Waals surface area contributed by atoms with Crippen LogP contribution in [0.4, 0.5) is 4.39 Å². The molecule has 3 nitrogen and oxygen atoms in total. The summed E-state index contributed by atoms with van der Waals surface area (Å²) in [4.78, 5) is 0. The third-order valence-electron chi connectivity index (χ3n) is 3.72. The molecule has 114 valence electrons. The molecule has 2 rings (SSSR count). The summed E-state index contributed by atoms with van der Waals surface area (Å²) in [5, 5.41) is 14.7. The molecule has 0 bridgehead atoms. The van der Waals surface area contributed by atoms with Crippen LogP contribution in [0.25, 0.3) is 0 Å². The third-order valence-corrected chi connectivity index (χ3v) is 4.02. The van der Waals surface area contributed by atoms with E-state index in [1.54, 1.807) is 12.1 Å². The number of benzene rings is 1. The first-order valence-corrected chi connectivity index (χ1v) is 7.60. The van der Waals surface area contributed by atoms with Gasteiger partial charge in [-0.1, -0.05) is 37.6 Å². The zero-order valence-corrected chi connectivity index (χ0v) is 13.0. The van der Waals surface area contributed by atoms with E-state index in [9.17, 15) is 9.50 Å². The first-order valence-electron chi connectivity index (χ1n) is 7.22. The highest BCUT2D eigenvalue weighted by atomic mass is 35.5. The Morgan fingerprint density at radius 3 is 2.67 bits per heavy atom. The van der Waals surface area contributed by atoms with E-state index in [1.807, 2.05) is 16.9 Å². The van der Waals surface area contributed by atoms with Gasteiger partial charge in [-0.3, -0.25) is 4.68 Å². The van der Waals surface area contributed by atoms with E-state index in [2.05, 4.69) is 18.9 Å². The van der Waals surface area contributed by atoms with Crippen LogP contribution in [0.15, 0.2) is 30.5 Å². The molecule has 0 spiro atoms. The highest BCUT2D eigenvalue weighted by Gasteiger charge is 2.17. The van der Waals surface area contributed by atoms with E-state index in [0.29, 0.717) is 6.04 Å². The second kappa shape index (κ2) is 7.05. The van der Waals surface area contributed by atoms with Gasteiger partial charge in [0.2, 0.25) is 0 Å². The molecule has 21 heavy (non-hydrogen) atoms. The zero-order chi connectivity index (χ0) is 15.4. The summed E-state index contributed by atoms with van der Waals surface area (Å²) in [5.41, 5.74) is 0.952. The van der Waals surface area contributed by atoms with Crippen LogP contribution in [-0.4, -0.2) is 14.9 Å². The predicted molar refractivity (Wildman–Crippen MR) is 81.9 cm³/mol. The van der Waals surface area contributed by atoms with Crippen molar-refractivity contribution in [3.63, 3.8) is 0 Å². The van der Waals surface area contributed by atoms with Crippen molar-refractivity contribution in [2.45, 2.75) is 45.3 Å². The largest absolute Gasteiger partial charge is 0.388 e. The Kier molecular flexibility index (Phi) is 5.37. The van der Waals surface area contributed by atoms with Gasteiger partial charge in [0.25, 0.3) is 0 Å². The molecule has 1 aromatic carbocycles. The summed E-state index contributed by atoms with van der Waals surface area (Å²) >= 11 is 5.74. The lowest BCUT2D eigenvalue weighted by Crippen LogP contribution is -2.09. The van der Waals surface area contributed by atoms with Crippen molar-refractivity contribution in [1.29, 1.82) is 0 Å². The highest BCUT2D eigenvalue weighted by molar-refractivity contribution is 6.30. The second-order valence-electron chi connectivity index (χ2n) is 5.12. The van der Waals surface area contributed by atoms with Gasteiger partial charge < -0.3 is 5.11 Å². The number of aliphatic hydroxyl groups is 1. The molecule has 1 N–H and O–H groups in total. The van der Waals surface area contributed by atoms with Crippen molar-refractivity contribution in [2.24, 2.45) is 0 Å². The van der Waals surface area contributed by atoms with Crippen molar-refractivity contribution >= 4 is 11.6 Å². The monoisotopic (exact) mass is 310 g/mol. The average molecular weight is 311 g/mol. The molecule has 0 radical (unpaired) electrons. The van der Waals surface area contributed by atoms with E-state index in [1.165, 1.54) is 6.07 Å². The quantitative estimate of drug-likeness (QED) is 0.863. The summed E-state index contributed by atoms with van der Waals surface area (Å²) in [7, 11) is 0. The Bertz CT molecular complexity index is 596. The van der Waals surface area contributed by atoms with E-state index in [4.69, 9.17) is 11.6 Å². The van der Waals surface area contributed by atoms with Gasteiger partial charge in [0.15, 0.2) is 0 Å². The van der Waals surface area contributed by atoms with E-state index in [0.717, 1.165) is 18.5 Å². The molecule has 1 unspecified atom stereocenters. The minimum Gasteiger partial charge on any atom is -0.388 e. The average Bonchev–Trinajstić information content (AvgIpc) is 2.91. The number of aromatic nitrogens is 2. The van der Waals surface area contributed by atoms with Crippen LogP contribution in [0.2, 0.25) is 5.02 Å². The zero-order valence-electron chi connectivity index (χ0n) is 12.3. The molecule has 1 atom stereocenters. The SMILES string of the molecule is CCC(CC)n1ccc(CC(O)c2cccc(Cl)c2F)n1. The number of hydrogen-bond acceptors (Lipinski definition) is 2. The Morgan fingerprint density at radius 1 is 1.29 bits per heavy atom. The molecule has 1 aromatic heterocycles. The lowest BCUT2D eigenvalue weighted by molar-refractivity contribution is 0.172. The van der Waals surface area contributed by atoms with Gasteiger partial charge in [-0.15, -0.1) is 0 Å². The molecule has 0 aliphatic heterocycles. The number of aliphatic hydroxyl groups excluding tert-OH is 1. The summed E-state index contributed by atoms with van der Waals surface area (Å²) in [5.74, 6) is -0.564. The molecule has 0 fully saturated rings. The van der Waals surface area contributed by atoms with Gasteiger partial charge in [0.05, 0.1) is 22.9 Å². The minimum absolute atomic E-state index is 0.0223. The second-order valence-corrected chi connectivity index (χ2v) is 5.53. The highest BCUT2D eigenvalue weighted by Crippen LogP contribution is 2.25. The fourth-order valence-electron chi connectivity index (χ4n) is 2.44. The minimum atomic E-state index is -0.950. The smallest absolute Gasteiger partial charge is 0.147 e. The first kappa shape index (κ1) is 16.0. The standard InChI is InChI=1S/C16H20ClFN2O/c1-3-12(4-2)20-9-8-11(19-20)10-15(21)13-6-5-7-14(17)16(13)18/h5-9,12,15,21H,3-4,10H2,1-2H3. The number of halogens is 2. The van der Waals surface area contributed by atoms with Gasteiger partial charge in [0.1, 0.15) is 5.82 Å². The Morgan fingerprint density at radius 2 is 2.00 bits per heavy atom. The van der Waals surface area contributed by atoms with Crippen LogP contribution in [-0.2, 0) is 6.42 Å². The topological polar surface area (TPSA) is 38.0 Å². The van der Waals surface area contributed by atoms with Crippen LogP contribution in [0.3, 0.4) is 0 Å². The van der Waals surface area contributed by atoms with Gasteiger partial charge in [-0.2, -0.15) is 5.10 Å². The van der Waals surface area contributed by atoms with Crippen LogP contribution in [0.5, 0.6) is 0 Å². The molecule has 0 amide bonds. The van der Waals surface area contributed by atoms with Crippen LogP contribution < -0.4 is 0 Å². The van der Waals surface area contributed by atoms with Gasteiger partial charge >= 0.3 is 0 Å². The number of hydrogen-bond donors (Lipinski definition) is 1. The summed E-state index contributed by atoms with van der Waals surface area (Å²) in [6.07, 6.45) is 3.23. The van der Waals surface area contributed by atoms with Gasteiger partial charge in [-0.05, 0) is 25.0 Å². The maximum absolute atomic E-state index is 13.9. The fraction of sp³-hybridized carbons (Fsp3) is 0.438. The van der Waals surface area contributed by atoms with Crippen molar-refractivity contribution in [1.82, 2.24) is 9.78 Å². The van der Waals surface area contributed by atoms with Crippen LogP contribution >= 0.6 is 11.6 Å². The molecular formula is C16H20ClFN2O. The van der Waals surface area contributed by atoms with Gasteiger partial charge in [0, 0.05) is 18.2 Å². The Balaban J connectivity index is 2.13. The van der Waals surface area contributed by atoms with Crippen LogP contribution in [0.1, 0.15) is 50.1 Å². The first-order chi connectivity index (χ1) is 10.1. The number of rotatable bonds is 6. The summed E-state index contributed by atoms with van der Waals surface area (Å²) in [6, 6.07) is 6.87. The summed E-state index contributed by atoms with van der Waals surface area (Å²) < 4.78 is 15.8. The fourth-order valence-corrected chi connectivity index (χ4v) is 2.62. The molecule has 0 saturated heterocycles. The van der Waals surface area contributed by atoms with Crippen molar-refractivity contribution in [3.8, 4) is 0 Å². The lowest BCUT2D eigenvalue weighted by atomic mass is 10.0. The molecule has 0 saturated carbocycles. The molecular weight excluding hydrogens is 291 g/mol. The maximum Gasteiger partial charge on any atom is 0.147 e. The molecule has 0 aliphatic carbocycles. The van der Waals surface area contributed by atoms with Crippen molar-refractivity contribution in [3.05, 3.63) is 52.6 Å². The Labute approximate surface area is 129 Å². The van der Waals surface area contributed by atoms with E-state index in [-0.39, 0.29) is 17.0 Å². The lowest BCUT2D eigenvalue weighted by Gasteiger charge is -2.13. The maximum atomic E-state index is 13.9. The normalized spacial score (nSPS) is 12.9. The Hall–Kier alpha value is -1.39. The molecule has 2 aromatic rings. The molecule has 5 heteroatoms. The van der Waals surface area contributed by atoms with E-state index < -0.39 is 11.9 Å². The van der Waals surface area contributed by atoms with Crippen LogP contribution in [0, 0.1) is 5.82 Å².